The lowest BCUT2D eigenvalue weighted by Gasteiger charge is -2.29. The average Bonchev–Trinajstić information content (AvgIpc) is 2.29. The van der Waals surface area contributed by atoms with E-state index in [-0.39, 0.29) is 0 Å². The second-order valence-corrected chi connectivity index (χ2v) is 3.72. The summed E-state index contributed by atoms with van der Waals surface area (Å²) < 4.78 is 5.31. The van der Waals surface area contributed by atoms with Gasteiger partial charge in [-0.1, -0.05) is 12.2 Å². The van der Waals surface area contributed by atoms with Gasteiger partial charge in [0.15, 0.2) is 0 Å². The molecule has 2 aliphatic rings. The maximum Gasteiger partial charge on any atom is 0.0594 e. The lowest BCUT2D eigenvalue weighted by atomic mass is 10.3. The zero-order valence-electron chi connectivity index (χ0n) is 8.56. The van der Waals surface area contributed by atoms with Crippen molar-refractivity contribution in [1.82, 2.24) is 9.80 Å². The lowest BCUT2D eigenvalue weighted by molar-refractivity contribution is 0.0355. The Bertz CT molecular complexity index is 219. The van der Waals surface area contributed by atoms with Crippen LogP contribution < -0.4 is 0 Å². The van der Waals surface area contributed by atoms with Crippen molar-refractivity contribution in [2.75, 3.05) is 45.9 Å². The molecule has 0 radical (unpaired) electrons. The molecule has 0 N–H and O–H groups in total. The molecule has 0 unspecified atom stereocenters. The van der Waals surface area contributed by atoms with Crippen LogP contribution >= 0.6 is 0 Å². The Morgan fingerprint density at radius 2 is 1.93 bits per heavy atom. The van der Waals surface area contributed by atoms with E-state index in [0.29, 0.717) is 0 Å². The van der Waals surface area contributed by atoms with Crippen LogP contribution in [0.3, 0.4) is 0 Å². The van der Waals surface area contributed by atoms with Gasteiger partial charge in [-0.05, 0) is 12.3 Å². The molecule has 0 atom stereocenters. The molecule has 2 aliphatic heterocycles. The van der Waals surface area contributed by atoms with E-state index in [1.807, 2.05) is 0 Å². The van der Waals surface area contributed by atoms with Gasteiger partial charge in [0.05, 0.1) is 13.2 Å². The first-order chi connectivity index (χ1) is 6.95. The molecule has 0 saturated carbocycles. The minimum Gasteiger partial charge on any atom is -0.379 e. The monoisotopic (exact) mass is 194 g/mol. The summed E-state index contributed by atoms with van der Waals surface area (Å²) in [5.41, 5.74) is 0. The normalized spacial score (nSPS) is 23.0. The molecule has 0 aromatic heterocycles. The Labute approximate surface area is 85.6 Å². The number of rotatable bonds is 3. The molecule has 1 saturated heterocycles. The highest BCUT2D eigenvalue weighted by molar-refractivity contribution is 5.08. The third kappa shape index (κ3) is 2.86. The first-order valence-corrected chi connectivity index (χ1v) is 5.32. The van der Waals surface area contributed by atoms with Gasteiger partial charge in [0.25, 0.3) is 0 Å². The van der Waals surface area contributed by atoms with Crippen molar-refractivity contribution in [3.8, 4) is 0 Å². The van der Waals surface area contributed by atoms with E-state index in [9.17, 15) is 0 Å². The zero-order chi connectivity index (χ0) is 9.64. The zero-order valence-corrected chi connectivity index (χ0v) is 8.56. The molecule has 3 nitrogen and oxygen atoms in total. The summed E-state index contributed by atoms with van der Waals surface area (Å²) in [7, 11) is 0. The molecule has 3 heteroatoms. The average molecular weight is 194 g/mol. The van der Waals surface area contributed by atoms with Gasteiger partial charge in [0, 0.05) is 32.7 Å². The fourth-order valence-electron chi connectivity index (χ4n) is 1.77. The highest BCUT2D eigenvalue weighted by Crippen LogP contribution is 2.01. The Kier molecular flexibility index (Phi) is 3.60. The van der Waals surface area contributed by atoms with Crippen LogP contribution in [0, 0.1) is 0 Å². The largest absolute Gasteiger partial charge is 0.379 e. The van der Waals surface area contributed by atoms with Crippen molar-refractivity contribution >= 4 is 0 Å². The molecule has 2 rings (SSSR count). The number of hydrogen-bond donors (Lipinski definition) is 0. The summed E-state index contributed by atoms with van der Waals surface area (Å²) in [6.45, 7) is 7.31. The van der Waals surface area contributed by atoms with Crippen molar-refractivity contribution < 1.29 is 4.74 Å². The predicted octanol–water partition coefficient (Wildman–Crippen LogP) is 0.704. The van der Waals surface area contributed by atoms with Crippen molar-refractivity contribution in [3.05, 3.63) is 24.4 Å². The van der Waals surface area contributed by atoms with Crippen LogP contribution in [0.15, 0.2) is 24.4 Å². The van der Waals surface area contributed by atoms with Crippen LogP contribution in [0.2, 0.25) is 0 Å². The van der Waals surface area contributed by atoms with Crippen LogP contribution in [-0.2, 0) is 4.74 Å². The van der Waals surface area contributed by atoms with E-state index in [1.165, 1.54) is 0 Å². The Morgan fingerprint density at radius 3 is 2.64 bits per heavy atom. The molecule has 14 heavy (non-hydrogen) atoms. The third-order valence-electron chi connectivity index (χ3n) is 2.69. The van der Waals surface area contributed by atoms with E-state index in [2.05, 4.69) is 34.2 Å². The highest BCUT2D eigenvalue weighted by atomic mass is 16.5. The molecule has 0 bridgehead atoms. The van der Waals surface area contributed by atoms with Crippen molar-refractivity contribution in [3.63, 3.8) is 0 Å². The van der Waals surface area contributed by atoms with Crippen LogP contribution in [0.25, 0.3) is 0 Å². The van der Waals surface area contributed by atoms with Gasteiger partial charge < -0.3 is 9.64 Å². The molecule has 0 aromatic carbocycles. The topological polar surface area (TPSA) is 15.7 Å². The molecule has 0 aliphatic carbocycles. The number of morpholine rings is 1. The van der Waals surface area contributed by atoms with Crippen molar-refractivity contribution in [1.29, 1.82) is 0 Å². The van der Waals surface area contributed by atoms with E-state index < -0.39 is 0 Å². The highest BCUT2D eigenvalue weighted by Gasteiger charge is 2.10. The number of nitrogens with zero attached hydrogens (tertiary/aromatic N) is 2. The van der Waals surface area contributed by atoms with E-state index in [4.69, 9.17) is 4.74 Å². The van der Waals surface area contributed by atoms with Gasteiger partial charge >= 0.3 is 0 Å². The summed E-state index contributed by atoms with van der Waals surface area (Å²) in [5, 5.41) is 0. The third-order valence-corrected chi connectivity index (χ3v) is 2.69. The quantitative estimate of drug-likeness (QED) is 0.658. The maximum absolute atomic E-state index is 5.31. The van der Waals surface area contributed by atoms with E-state index >= 15 is 0 Å². The molecule has 2 heterocycles. The summed E-state index contributed by atoms with van der Waals surface area (Å²) >= 11 is 0. The molecule has 0 aromatic rings. The lowest BCUT2D eigenvalue weighted by Crippen LogP contribution is -2.40. The first-order valence-electron chi connectivity index (χ1n) is 5.32. The number of hydrogen-bond acceptors (Lipinski definition) is 3. The second kappa shape index (κ2) is 5.17. The Hall–Kier alpha value is -0.800. The van der Waals surface area contributed by atoms with Crippen LogP contribution in [-0.4, -0.2) is 55.7 Å². The van der Waals surface area contributed by atoms with Gasteiger partial charge in [-0.3, -0.25) is 4.90 Å². The molecule has 1 fully saturated rings. The predicted molar refractivity (Wildman–Crippen MR) is 57.1 cm³/mol. The summed E-state index contributed by atoms with van der Waals surface area (Å²) in [5.74, 6) is 0. The molecule has 78 valence electrons. The molecular formula is C11H18N2O. The van der Waals surface area contributed by atoms with Gasteiger partial charge in [-0.2, -0.15) is 0 Å². The van der Waals surface area contributed by atoms with Gasteiger partial charge in [0.1, 0.15) is 0 Å². The summed E-state index contributed by atoms with van der Waals surface area (Å²) in [4.78, 5) is 4.81. The Balaban J connectivity index is 1.66. The summed E-state index contributed by atoms with van der Waals surface area (Å²) in [6, 6.07) is 0. The molecule has 0 amide bonds. The van der Waals surface area contributed by atoms with Gasteiger partial charge in [-0.25, -0.2) is 0 Å². The number of ether oxygens (including phenoxy) is 1. The van der Waals surface area contributed by atoms with E-state index in [0.717, 1.165) is 45.9 Å². The van der Waals surface area contributed by atoms with Gasteiger partial charge in [-0.15, -0.1) is 0 Å². The van der Waals surface area contributed by atoms with Gasteiger partial charge in [0.2, 0.25) is 0 Å². The smallest absolute Gasteiger partial charge is 0.0594 e. The minimum atomic E-state index is 0.899. The van der Waals surface area contributed by atoms with Crippen LogP contribution in [0.1, 0.15) is 0 Å². The SMILES string of the molecule is C1=CCN(CCN2CCOCC2)C=C1. The summed E-state index contributed by atoms with van der Waals surface area (Å²) in [6.07, 6.45) is 8.56. The first kappa shape index (κ1) is 9.74. The fourth-order valence-corrected chi connectivity index (χ4v) is 1.77. The van der Waals surface area contributed by atoms with Crippen molar-refractivity contribution in [2.24, 2.45) is 0 Å². The van der Waals surface area contributed by atoms with Crippen molar-refractivity contribution in [2.45, 2.75) is 0 Å². The van der Waals surface area contributed by atoms with Crippen LogP contribution in [0.4, 0.5) is 0 Å². The fraction of sp³-hybridized carbons (Fsp3) is 0.636. The minimum absolute atomic E-state index is 0.899. The van der Waals surface area contributed by atoms with Crippen LogP contribution in [0.5, 0.6) is 0 Å². The second-order valence-electron chi connectivity index (χ2n) is 3.72. The van der Waals surface area contributed by atoms with E-state index in [1.54, 1.807) is 0 Å². The molecule has 0 spiro atoms. The maximum atomic E-state index is 5.31. The molecular weight excluding hydrogens is 176 g/mol. The standard InChI is InChI=1S/C11H18N2O/c1-2-4-12(5-3-1)6-7-13-8-10-14-11-9-13/h1-4H,5-11H2. The number of allylic oxidation sites excluding steroid dienone is 2. The Morgan fingerprint density at radius 1 is 1.07 bits per heavy atom.